The van der Waals surface area contributed by atoms with Gasteiger partial charge in [0.25, 0.3) is 0 Å². The molecule has 0 spiro atoms. The molecule has 2 heterocycles. The summed E-state index contributed by atoms with van der Waals surface area (Å²) in [6, 6.07) is 6.41. The summed E-state index contributed by atoms with van der Waals surface area (Å²) >= 11 is 0. The number of nitrogens with zero attached hydrogens (tertiary/aromatic N) is 3. The molecule has 5 nitrogen and oxygen atoms in total. The molecule has 25 heavy (non-hydrogen) atoms. The van der Waals surface area contributed by atoms with Gasteiger partial charge in [0.2, 0.25) is 0 Å². The quantitative estimate of drug-likeness (QED) is 0.910. The molecule has 128 valence electrons. The third kappa shape index (κ3) is 2.21. The first-order valence-electron chi connectivity index (χ1n) is 8.74. The lowest BCUT2D eigenvalue weighted by Crippen LogP contribution is -2.35. The van der Waals surface area contributed by atoms with Crippen molar-refractivity contribution in [3.63, 3.8) is 0 Å². The van der Waals surface area contributed by atoms with E-state index in [4.69, 9.17) is 0 Å². The van der Waals surface area contributed by atoms with Gasteiger partial charge in [0, 0.05) is 24.7 Å². The number of pyridine rings is 1. The Balaban J connectivity index is 1.90. The van der Waals surface area contributed by atoms with Gasteiger partial charge in [-0.15, -0.1) is 0 Å². The van der Waals surface area contributed by atoms with E-state index in [0.717, 1.165) is 47.0 Å². The predicted octanol–water partition coefficient (Wildman–Crippen LogP) is 3.41. The minimum Gasteiger partial charge on any atom is -0.481 e. The van der Waals surface area contributed by atoms with Gasteiger partial charge in [-0.05, 0) is 44.2 Å². The highest BCUT2D eigenvalue weighted by Gasteiger charge is 2.55. The standard InChI is InChI=1S/C20H21N3O2/c1-12-6-13(2)17-16(7-12)18(14(8-21)9-22-17)23-10-15-4-3-5-20(15,11-23)19(24)25/h6-7,9,15H,3-5,10-11H2,1-2H3,(H,24,25)/t15-,20+/m0/s1. The number of fused-ring (bicyclic) bond motifs is 2. The normalized spacial score (nSPS) is 25.2. The summed E-state index contributed by atoms with van der Waals surface area (Å²) in [6.45, 7) is 5.24. The van der Waals surface area contributed by atoms with E-state index in [1.54, 1.807) is 6.20 Å². The lowest BCUT2D eigenvalue weighted by atomic mass is 9.81. The molecule has 0 unspecified atom stereocenters. The van der Waals surface area contributed by atoms with Crippen molar-refractivity contribution in [1.82, 2.24) is 4.98 Å². The molecule has 2 fully saturated rings. The number of aliphatic carboxylic acids is 1. The fraction of sp³-hybridized carbons (Fsp3) is 0.450. The Morgan fingerprint density at radius 3 is 2.92 bits per heavy atom. The summed E-state index contributed by atoms with van der Waals surface area (Å²) in [4.78, 5) is 18.6. The molecule has 2 atom stereocenters. The van der Waals surface area contributed by atoms with E-state index in [9.17, 15) is 15.2 Å². The van der Waals surface area contributed by atoms with E-state index in [2.05, 4.69) is 28.1 Å². The molecule has 4 rings (SSSR count). The average Bonchev–Trinajstić information content (AvgIpc) is 3.11. The molecule has 2 aliphatic rings. The molecular weight excluding hydrogens is 314 g/mol. The number of benzene rings is 1. The number of carboxylic acid groups (broad SMARTS) is 1. The topological polar surface area (TPSA) is 77.2 Å². The molecule has 0 bridgehead atoms. The fourth-order valence-corrected chi connectivity index (χ4v) is 4.88. The van der Waals surface area contributed by atoms with Crippen LogP contribution in [0.3, 0.4) is 0 Å². The minimum atomic E-state index is -0.693. The number of hydrogen-bond acceptors (Lipinski definition) is 4. The van der Waals surface area contributed by atoms with Crippen molar-refractivity contribution < 1.29 is 9.90 Å². The smallest absolute Gasteiger partial charge is 0.311 e. The molecule has 1 aromatic heterocycles. The molecule has 1 aliphatic carbocycles. The van der Waals surface area contributed by atoms with E-state index in [-0.39, 0.29) is 5.92 Å². The van der Waals surface area contributed by atoms with Crippen LogP contribution in [-0.4, -0.2) is 29.1 Å². The summed E-state index contributed by atoms with van der Waals surface area (Å²) in [5, 5.41) is 20.4. The molecule has 1 aromatic carbocycles. The highest BCUT2D eigenvalue weighted by Crippen LogP contribution is 2.51. The second kappa shape index (κ2) is 5.45. The highest BCUT2D eigenvalue weighted by atomic mass is 16.4. The summed E-state index contributed by atoms with van der Waals surface area (Å²) < 4.78 is 0. The molecule has 0 amide bonds. The molecule has 1 saturated carbocycles. The van der Waals surface area contributed by atoms with Crippen LogP contribution in [0, 0.1) is 36.5 Å². The molecule has 2 aromatic rings. The number of rotatable bonds is 2. The monoisotopic (exact) mass is 335 g/mol. The second-order valence-corrected chi connectivity index (χ2v) is 7.54. The van der Waals surface area contributed by atoms with Crippen LogP contribution in [0.5, 0.6) is 0 Å². The van der Waals surface area contributed by atoms with Crippen LogP contribution >= 0.6 is 0 Å². The summed E-state index contributed by atoms with van der Waals surface area (Å²) in [5.74, 6) is -0.535. The van der Waals surface area contributed by atoms with Crippen molar-refractivity contribution in [2.75, 3.05) is 18.0 Å². The second-order valence-electron chi connectivity index (χ2n) is 7.54. The van der Waals surface area contributed by atoms with Crippen molar-refractivity contribution >= 4 is 22.6 Å². The number of hydrogen-bond donors (Lipinski definition) is 1. The number of aryl methyl sites for hydroxylation is 2. The van der Waals surface area contributed by atoms with Crippen molar-refractivity contribution in [1.29, 1.82) is 5.26 Å². The number of anilines is 1. The third-order valence-corrected chi connectivity index (χ3v) is 6.01. The highest BCUT2D eigenvalue weighted by molar-refractivity contribution is 5.97. The predicted molar refractivity (Wildman–Crippen MR) is 95.6 cm³/mol. The Labute approximate surface area is 146 Å². The molecule has 1 N–H and O–H groups in total. The van der Waals surface area contributed by atoms with Gasteiger partial charge in [0.05, 0.1) is 22.2 Å². The summed E-state index contributed by atoms with van der Waals surface area (Å²) in [6.07, 6.45) is 4.28. The van der Waals surface area contributed by atoms with E-state index in [0.29, 0.717) is 18.7 Å². The number of carbonyl (C=O) groups is 1. The lowest BCUT2D eigenvalue weighted by molar-refractivity contribution is -0.149. The van der Waals surface area contributed by atoms with Crippen LogP contribution in [-0.2, 0) is 4.79 Å². The zero-order chi connectivity index (χ0) is 17.8. The van der Waals surface area contributed by atoms with E-state index < -0.39 is 11.4 Å². The Hall–Kier alpha value is -2.61. The molecule has 1 saturated heterocycles. The van der Waals surface area contributed by atoms with Crippen LogP contribution in [0.1, 0.15) is 36.0 Å². The number of carboxylic acids is 1. The SMILES string of the molecule is Cc1cc(C)c2ncc(C#N)c(N3C[C@@H]4CCC[C@@]4(C(=O)O)C3)c2c1. The van der Waals surface area contributed by atoms with Gasteiger partial charge in [-0.3, -0.25) is 9.78 Å². The van der Waals surface area contributed by atoms with E-state index in [1.807, 2.05) is 13.8 Å². The summed E-state index contributed by atoms with van der Waals surface area (Å²) in [5.41, 5.74) is 3.80. The Bertz CT molecular complexity index is 931. The fourth-order valence-electron chi connectivity index (χ4n) is 4.88. The number of nitriles is 1. The van der Waals surface area contributed by atoms with Crippen molar-refractivity contribution in [2.24, 2.45) is 11.3 Å². The van der Waals surface area contributed by atoms with Crippen LogP contribution in [0.2, 0.25) is 0 Å². The first kappa shape index (κ1) is 15.9. The van der Waals surface area contributed by atoms with Crippen LogP contribution in [0.25, 0.3) is 10.9 Å². The number of aromatic nitrogens is 1. The van der Waals surface area contributed by atoms with Gasteiger partial charge in [0.1, 0.15) is 6.07 Å². The first-order chi connectivity index (χ1) is 12.0. The first-order valence-corrected chi connectivity index (χ1v) is 8.74. The zero-order valence-electron chi connectivity index (χ0n) is 14.5. The van der Waals surface area contributed by atoms with Crippen LogP contribution < -0.4 is 4.90 Å². The maximum absolute atomic E-state index is 12.0. The van der Waals surface area contributed by atoms with E-state index >= 15 is 0 Å². The Morgan fingerprint density at radius 1 is 1.44 bits per heavy atom. The third-order valence-electron chi connectivity index (χ3n) is 6.01. The van der Waals surface area contributed by atoms with Gasteiger partial charge in [-0.1, -0.05) is 18.1 Å². The molecule has 0 radical (unpaired) electrons. The van der Waals surface area contributed by atoms with Crippen molar-refractivity contribution in [2.45, 2.75) is 33.1 Å². The van der Waals surface area contributed by atoms with E-state index in [1.165, 1.54) is 0 Å². The van der Waals surface area contributed by atoms with Gasteiger partial charge >= 0.3 is 5.97 Å². The molecular formula is C20H21N3O2. The molecule has 5 heteroatoms. The Morgan fingerprint density at radius 2 is 2.24 bits per heavy atom. The van der Waals surface area contributed by atoms with Gasteiger partial charge in [0.15, 0.2) is 0 Å². The lowest BCUT2D eigenvalue weighted by Gasteiger charge is -2.26. The van der Waals surface area contributed by atoms with Crippen molar-refractivity contribution in [3.8, 4) is 6.07 Å². The maximum Gasteiger partial charge on any atom is 0.311 e. The van der Waals surface area contributed by atoms with Gasteiger partial charge in [-0.2, -0.15) is 5.26 Å². The maximum atomic E-state index is 12.0. The van der Waals surface area contributed by atoms with Crippen LogP contribution in [0.15, 0.2) is 18.3 Å². The van der Waals surface area contributed by atoms with Gasteiger partial charge in [-0.25, -0.2) is 0 Å². The Kier molecular flexibility index (Phi) is 3.47. The van der Waals surface area contributed by atoms with Crippen LogP contribution in [0.4, 0.5) is 5.69 Å². The minimum absolute atomic E-state index is 0.158. The van der Waals surface area contributed by atoms with Gasteiger partial charge < -0.3 is 10.0 Å². The largest absolute Gasteiger partial charge is 0.481 e. The summed E-state index contributed by atoms with van der Waals surface area (Å²) in [7, 11) is 0. The average molecular weight is 335 g/mol. The zero-order valence-corrected chi connectivity index (χ0v) is 14.5. The molecule has 1 aliphatic heterocycles. The van der Waals surface area contributed by atoms with Crippen molar-refractivity contribution in [3.05, 3.63) is 35.0 Å².